The molecule has 0 bridgehead atoms. The largest absolute Gasteiger partial charge is 0.481 e. The zero-order valence-corrected chi connectivity index (χ0v) is 12.3. The van der Waals surface area contributed by atoms with Gasteiger partial charge >= 0.3 is 5.97 Å². The predicted octanol–water partition coefficient (Wildman–Crippen LogP) is 1.76. The number of carbonyl (C=O) groups excluding carboxylic acids is 1. The number of nitrogens with one attached hydrogen (secondary N) is 1. The fourth-order valence-corrected chi connectivity index (χ4v) is 1.85. The molecule has 0 spiro atoms. The van der Waals surface area contributed by atoms with E-state index in [0.29, 0.717) is 31.2 Å². The maximum atomic E-state index is 11.8. The summed E-state index contributed by atoms with van der Waals surface area (Å²) in [5.74, 6) is -0.218. The first-order valence-corrected chi connectivity index (χ1v) is 7.10. The molecule has 0 heterocycles. The van der Waals surface area contributed by atoms with Gasteiger partial charge in [-0.25, -0.2) is 0 Å². The van der Waals surface area contributed by atoms with Crippen molar-refractivity contribution in [1.29, 1.82) is 0 Å². The molecule has 0 aromatic rings. The SMILES string of the molecule is CCC(C)CC(CC(=O)O)NC(=O)CCC(C)CN. The second-order valence-corrected chi connectivity index (χ2v) is 5.49. The van der Waals surface area contributed by atoms with Crippen LogP contribution in [0.25, 0.3) is 0 Å². The van der Waals surface area contributed by atoms with E-state index < -0.39 is 5.97 Å². The number of hydrogen-bond acceptors (Lipinski definition) is 3. The zero-order valence-electron chi connectivity index (χ0n) is 12.3. The van der Waals surface area contributed by atoms with Crippen molar-refractivity contribution >= 4 is 11.9 Å². The Bertz CT molecular complexity index is 282. The number of carbonyl (C=O) groups is 2. The normalized spacial score (nSPS) is 15.6. The Balaban J connectivity index is 4.22. The predicted molar refractivity (Wildman–Crippen MR) is 75.7 cm³/mol. The van der Waals surface area contributed by atoms with E-state index in [1.807, 2.05) is 6.92 Å². The van der Waals surface area contributed by atoms with Crippen LogP contribution in [0.15, 0.2) is 0 Å². The minimum Gasteiger partial charge on any atom is -0.481 e. The number of amides is 1. The van der Waals surface area contributed by atoms with Gasteiger partial charge in [-0.15, -0.1) is 0 Å². The summed E-state index contributed by atoms with van der Waals surface area (Å²) in [7, 11) is 0. The average Bonchev–Trinajstić information content (AvgIpc) is 2.34. The minimum absolute atomic E-state index is 0.0114. The number of carboxylic acids is 1. The summed E-state index contributed by atoms with van der Waals surface area (Å²) in [4.78, 5) is 22.6. The Morgan fingerprint density at radius 3 is 2.37 bits per heavy atom. The standard InChI is InChI=1S/C14H28N2O3/c1-4-10(2)7-12(8-14(18)19)16-13(17)6-5-11(3)9-15/h10-12H,4-9,15H2,1-3H3,(H,16,17)(H,18,19). The molecule has 5 nitrogen and oxygen atoms in total. The Morgan fingerprint density at radius 1 is 1.26 bits per heavy atom. The van der Waals surface area contributed by atoms with Crippen LogP contribution in [0.2, 0.25) is 0 Å². The molecule has 0 aliphatic carbocycles. The van der Waals surface area contributed by atoms with E-state index in [9.17, 15) is 9.59 Å². The molecule has 1 amide bonds. The number of carboxylic acid groups (broad SMARTS) is 1. The number of hydrogen-bond donors (Lipinski definition) is 3. The van der Waals surface area contributed by atoms with Gasteiger partial charge in [0.15, 0.2) is 0 Å². The smallest absolute Gasteiger partial charge is 0.305 e. The highest BCUT2D eigenvalue weighted by Gasteiger charge is 2.18. The van der Waals surface area contributed by atoms with Gasteiger partial charge in [0.25, 0.3) is 0 Å². The second-order valence-electron chi connectivity index (χ2n) is 5.49. The summed E-state index contributed by atoms with van der Waals surface area (Å²) >= 11 is 0. The molecular formula is C14H28N2O3. The minimum atomic E-state index is -0.871. The summed E-state index contributed by atoms with van der Waals surface area (Å²) in [6.07, 6.45) is 2.83. The van der Waals surface area contributed by atoms with Gasteiger partial charge < -0.3 is 16.2 Å². The fraction of sp³-hybridized carbons (Fsp3) is 0.857. The van der Waals surface area contributed by atoms with Crippen LogP contribution in [0.5, 0.6) is 0 Å². The van der Waals surface area contributed by atoms with E-state index in [4.69, 9.17) is 10.8 Å². The molecule has 5 heteroatoms. The fourth-order valence-electron chi connectivity index (χ4n) is 1.85. The third-order valence-corrected chi connectivity index (χ3v) is 3.44. The molecule has 0 aliphatic rings. The summed E-state index contributed by atoms with van der Waals surface area (Å²) < 4.78 is 0. The van der Waals surface area contributed by atoms with E-state index in [1.165, 1.54) is 0 Å². The van der Waals surface area contributed by atoms with Crippen LogP contribution in [-0.4, -0.2) is 29.6 Å². The average molecular weight is 272 g/mol. The molecular weight excluding hydrogens is 244 g/mol. The first kappa shape index (κ1) is 17.9. The van der Waals surface area contributed by atoms with Crippen LogP contribution in [0.1, 0.15) is 52.9 Å². The van der Waals surface area contributed by atoms with Gasteiger partial charge in [-0.2, -0.15) is 0 Å². The van der Waals surface area contributed by atoms with E-state index in [-0.39, 0.29) is 18.4 Å². The zero-order chi connectivity index (χ0) is 14.8. The lowest BCUT2D eigenvalue weighted by molar-refractivity contribution is -0.137. The number of rotatable bonds is 10. The van der Waals surface area contributed by atoms with Crippen LogP contribution < -0.4 is 11.1 Å². The molecule has 0 fully saturated rings. The van der Waals surface area contributed by atoms with E-state index in [0.717, 1.165) is 12.8 Å². The maximum absolute atomic E-state index is 11.8. The van der Waals surface area contributed by atoms with Gasteiger partial charge in [-0.05, 0) is 31.2 Å². The number of aliphatic carboxylic acids is 1. The molecule has 112 valence electrons. The van der Waals surface area contributed by atoms with Gasteiger partial charge in [0, 0.05) is 12.5 Å². The van der Waals surface area contributed by atoms with Crippen LogP contribution >= 0.6 is 0 Å². The van der Waals surface area contributed by atoms with E-state index in [2.05, 4.69) is 19.2 Å². The molecule has 3 atom stereocenters. The molecule has 0 aromatic carbocycles. The first-order valence-electron chi connectivity index (χ1n) is 7.10. The van der Waals surface area contributed by atoms with Crippen LogP contribution in [0, 0.1) is 11.8 Å². The van der Waals surface area contributed by atoms with E-state index in [1.54, 1.807) is 0 Å². The Labute approximate surface area is 115 Å². The van der Waals surface area contributed by atoms with Crippen molar-refractivity contribution in [3.05, 3.63) is 0 Å². The van der Waals surface area contributed by atoms with Crippen molar-refractivity contribution < 1.29 is 14.7 Å². The summed E-state index contributed by atoms with van der Waals surface area (Å²) in [6, 6.07) is -0.270. The number of nitrogens with two attached hydrogens (primary N) is 1. The van der Waals surface area contributed by atoms with Crippen molar-refractivity contribution in [3.8, 4) is 0 Å². The molecule has 19 heavy (non-hydrogen) atoms. The van der Waals surface area contributed by atoms with Crippen molar-refractivity contribution in [2.75, 3.05) is 6.54 Å². The topological polar surface area (TPSA) is 92.4 Å². The highest BCUT2D eigenvalue weighted by atomic mass is 16.4. The third-order valence-electron chi connectivity index (χ3n) is 3.44. The molecule has 0 saturated heterocycles. The summed E-state index contributed by atoms with van der Waals surface area (Å²) in [5, 5.41) is 11.7. The molecule has 4 N–H and O–H groups in total. The van der Waals surface area contributed by atoms with Gasteiger partial charge in [0.2, 0.25) is 5.91 Å². The van der Waals surface area contributed by atoms with E-state index >= 15 is 0 Å². The van der Waals surface area contributed by atoms with Crippen LogP contribution in [-0.2, 0) is 9.59 Å². The van der Waals surface area contributed by atoms with Crippen LogP contribution in [0.4, 0.5) is 0 Å². The van der Waals surface area contributed by atoms with Gasteiger partial charge in [0.1, 0.15) is 0 Å². The van der Waals surface area contributed by atoms with Gasteiger partial charge in [-0.3, -0.25) is 9.59 Å². The Kier molecular flexibility index (Phi) is 9.21. The first-order chi connectivity index (χ1) is 8.88. The molecule has 0 aliphatic heterocycles. The lowest BCUT2D eigenvalue weighted by Crippen LogP contribution is -2.37. The molecule has 0 rings (SSSR count). The van der Waals surface area contributed by atoms with Crippen molar-refractivity contribution in [2.24, 2.45) is 17.6 Å². The maximum Gasteiger partial charge on any atom is 0.305 e. The lowest BCUT2D eigenvalue weighted by Gasteiger charge is -2.20. The quantitative estimate of drug-likeness (QED) is 0.565. The highest BCUT2D eigenvalue weighted by Crippen LogP contribution is 2.13. The highest BCUT2D eigenvalue weighted by molar-refractivity contribution is 5.77. The van der Waals surface area contributed by atoms with Crippen molar-refractivity contribution in [2.45, 2.75) is 58.9 Å². The van der Waals surface area contributed by atoms with Crippen LogP contribution in [0.3, 0.4) is 0 Å². The molecule has 0 aromatic heterocycles. The summed E-state index contributed by atoms with van der Waals surface area (Å²) in [6.45, 7) is 6.70. The molecule has 0 saturated carbocycles. The third kappa shape index (κ3) is 9.47. The second kappa shape index (κ2) is 9.78. The van der Waals surface area contributed by atoms with Crippen molar-refractivity contribution in [1.82, 2.24) is 5.32 Å². The molecule has 0 radical (unpaired) electrons. The Hall–Kier alpha value is -1.10. The lowest BCUT2D eigenvalue weighted by atomic mass is 9.97. The van der Waals surface area contributed by atoms with Gasteiger partial charge in [-0.1, -0.05) is 27.2 Å². The van der Waals surface area contributed by atoms with Crippen molar-refractivity contribution in [3.63, 3.8) is 0 Å². The monoisotopic (exact) mass is 272 g/mol. The van der Waals surface area contributed by atoms with Gasteiger partial charge in [0.05, 0.1) is 6.42 Å². The molecule has 3 unspecified atom stereocenters. The summed E-state index contributed by atoms with van der Waals surface area (Å²) in [5.41, 5.74) is 5.50. The Morgan fingerprint density at radius 2 is 1.89 bits per heavy atom.